The fourth-order valence-electron chi connectivity index (χ4n) is 3.62. The van der Waals surface area contributed by atoms with E-state index in [0.717, 1.165) is 0 Å². The van der Waals surface area contributed by atoms with Crippen molar-refractivity contribution < 1.29 is 29.0 Å². The zero-order valence-corrected chi connectivity index (χ0v) is 19.5. The fraction of sp³-hybridized carbons (Fsp3) is 0.0345. The van der Waals surface area contributed by atoms with Gasteiger partial charge in [-0.15, -0.1) is 0 Å². The number of amides is 2. The number of carbonyl (C=O) groups excluding carboxylic acids is 3. The summed E-state index contributed by atoms with van der Waals surface area (Å²) < 4.78 is 5.26. The second-order valence-electron chi connectivity index (χ2n) is 7.86. The van der Waals surface area contributed by atoms with Crippen LogP contribution in [0.4, 0.5) is 17.1 Å². The molecule has 0 aliphatic rings. The normalized spacial score (nSPS) is 10.3. The SMILES string of the molecule is O=C(OCC(=O)N(c1ccccc1)c1ccccc1)c1ccc(NC(=O)c2ccccc2C(=O)O)cc1. The lowest BCUT2D eigenvalue weighted by atomic mass is 10.1. The number of anilines is 3. The third-order valence-electron chi connectivity index (χ3n) is 5.39. The Balaban J connectivity index is 1.40. The molecule has 0 aliphatic carbocycles. The number of ether oxygens (including phenoxy) is 1. The lowest BCUT2D eigenvalue weighted by Gasteiger charge is -2.22. The largest absolute Gasteiger partial charge is 0.478 e. The number of esters is 1. The first-order valence-corrected chi connectivity index (χ1v) is 11.3. The van der Waals surface area contributed by atoms with Crippen molar-refractivity contribution in [1.29, 1.82) is 0 Å². The van der Waals surface area contributed by atoms with Crippen molar-refractivity contribution in [2.45, 2.75) is 0 Å². The van der Waals surface area contributed by atoms with E-state index in [1.165, 1.54) is 47.4 Å². The minimum absolute atomic E-state index is 0.0124. The molecule has 0 atom stereocenters. The Morgan fingerprint density at radius 2 is 1.19 bits per heavy atom. The predicted molar refractivity (Wildman–Crippen MR) is 138 cm³/mol. The van der Waals surface area contributed by atoms with Gasteiger partial charge in [-0.1, -0.05) is 48.5 Å². The van der Waals surface area contributed by atoms with Crippen molar-refractivity contribution in [2.75, 3.05) is 16.8 Å². The number of hydrogen-bond acceptors (Lipinski definition) is 5. The second kappa shape index (κ2) is 11.5. The van der Waals surface area contributed by atoms with Gasteiger partial charge in [-0.25, -0.2) is 9.59 Å². The standard InChI is InChI=1S/C29H22N2O6/c32-26(31(22-9-3-1-4-10-22)23-11-5-2-6-12-23)19-37-29(36)20-15-17-21(18-16-20)30-27(33)24-13-7-8-14-25(24)28(34)35/h1-18H,19H2,(H,30,33)(H,34,35). The van der Waals surface area contributed by atoms with E-state index in [4.69, 9.17) is 4.74 Å². The highest BCUT2D eigenvalue weighted by molar-refractivity contribution is 6.10. The molecule has 0 saturated carbocycles. The molecule has 4 aromatic carbocycles. The van der Waals surface area contributed by atoms with E-state index >= 15 is 0 Å². The van der Waals surface area contributed by atoms with Crippen LogP contribution in [0.25, 0.3) is 0 Å². The zero-order valence-electron chi connectivity index (χ0n) is 19.5. The number of carboxylic acids is 1. The summed E-state index contributed by atoms with van der Waals surface area (Å²) in [6.45, 7) is -0.479. The van der Waals surface area contributed by atoms with Crippen molar-refractivity contribution in [3.63, 3.8) is 0 Å². The molecule has 0 radical (unpaired) electrons. The zero-order chi connectivity index (χ0) is 26.2. The molecule has 2 amide bonds. The van der Waals surface area contributed by atoms with Crippen molar-refractivity contribution in [1.82, 2.24) is 0 Å². The molecule has 0 aromatic heterocycles. The van der Waals surface area contributed by atoms with Crippen molar-refractivity contribution >= 4 is 40.8 Å². The molecule has 0 fully saturated rings. The van der Waals surface area contributed by atoms with Gasteiger partial charge in [-0.05, 0) is 60.7 Å². The van der Waals surface area contributed by atoms with Gasteiger partial charge in [0.25, 0.3) is 11.8 Å². The molecule has 0 unspecified atom stereocenters. The smallest absolute Gasteiger partial charge is 0.338 e. The Bertz CT molecular complexity index is 1380. The molecule has 0 spiro atoms. The number of para-hydroxylation sites is 2. The van der Waals surface area contributed by atoms with Crippen LogP contribution in [-0.2, 0) is 9.53 Å². The molecule has 0 aliphatic heterocycles. The van der Waals surface area contributed by atoms with Crippen LogP contribution >= 0.6 is 0 Å². The van der Waals surface area contributed by atoms with Gasteiger partial charge in [0.1, 0.15) is 0 Å². The van der Waals surface area contributed by atoms with Crippen LogP contribution in [-0.4, -0.2) is 35.5 Å². The Kier molecular flexibility index (Phi) is 7.70. The van der Waals surface area contributed by atoms with Gasteiger partial charge in [0, 0.05) is 17.1 Å². The van der Waals surface area contributed by atoms with E-state index in [2.05, 4.69) is 5.32 Å². The summed E-state index contributed by atoms with van der Waals surface area (Å²) in [5.74, 6) is -2.94. The Labute approximate surface area is 212 Å². The quantitative estimate of drug-likeness (QED) is 0.327. The van der Waals surface area contributed by atoms with Crippen LogP contribution in [0, 0.1) is 0 Å². The van der Waals surface area contributed by atoms with Crippen molar-refractivity contribution in [3.05, 3.63) is 126 Å². The number of nitrogens with one attached hydrogen (secondary N) is 1. The number of nitrogens with zero attached hydrogens (tertiary/aromatic N) is 1. The van der Waals surface area contributed by atoms with Gasteiger partial charge in [0.15, 0.2) is 6.61 Å². The average Bonchev–Trinajstić information content (AvgIpc) is 2.93. The minimum Gasteiger partial charge on any atom is -0.478 e. The highest BCUT2D eigenvalue weighted by atomic mass is 16.5. The average molecular weight is 495 g/mol. The van der Waals surface area contributed by atoms with E-state index in [1.807, 2.05) is 36.4 Å². The highest BCUT2D eigenvalue weighted by Crippen LogP contribution is 2.25. The second-order valence-corrected chi connectivity index (χ2v) is 7.86. The molecule has 4 rings (SSSR count). The number of rotatable bonds is 8. The van der Waals surface area contributed by atoms with Crippen LogP contribution < -0.4 is 10.2 Å². The topological polar surface area (TPSA) is 113 Å². The maximum Gasteiger partial charge on any atom is 0.338 e. The molecule has 0 bridgehead atoms. The predicted octanol–water partition coefficient (Wildman–Crippen LogP) is 5.16. The monoisotopic (exact) mass is 494 g/mol. The van der Waals surface area contributed by atoms with Gasteiger partial charge in [-0.3, -0.25) is 14.5 Å². The summed E-state index contributed by atoms with van der Waals surface area (Å²) in [7, 11) is 0. The van der Waals surface area contributed by atoms with E-state index in [9.17, 15) is 24.3 Å². The van der Waals surface area contributed by atoms with E-state index < -0.39 is 30.4 Å². The van der Waals surface area contributed by atoms with E-state index in [1.54, 1.807) is 30.3 Å². The minimum atomic E-state index is -1.21. The summed E-state index contributed by atoms with van der Waals surface area (Å²) in [4.78, 5) is 50.9. The van der Waals surface area contributed by atoms with E-state index in [-0.39, 0.29) is 16.7 Å². The lowest BCUT2D eigenvalue weighted by Crippen LogP contribution is -2.30. The highest BCUT2D eigenvalue weighted by Gasteiger charge is 2.20. The van der Waals surface area contributed by atoms with Crippen molar-refractivity contribution in [3.8, 4) is 0 Å². The molecule has 0 saturated heterocycles. The Hall–Kier alpha value is -5.24. The maximum atomic E-state index is 13.0. The third-order valence-corrected chi connectivity index (χ3v) is 5.39. The van der Waals surface area contributed by atoms with Crippen LogP contribution in [0.2, 0.25) is 0 Å². The molecule has 8 nitrogen and oxygen atoms in total. The number of carboxylic acid groups (broad SMARTS) is 1. The summed E-state index contributed by atoms with van der Waals surface area (Å²) in [5, 5.41) is 11.9. The maximum absolute atomic E-state index is 13.0. The molecule has 184 valence electrons. The molecular formula is C29H22N2O6. The van der Waals surface area contributed by atoms with Crippen LogP contribution in [0.5, 0.6) is 0 Å². The molecular weight excluding hydrogens is 472 g/mol. The third kappa shape index (κ3) is 6.07. The Morgan fingerprint density at radius 3 is 1.73 bits per heavy atom. The van der Waals surface area contributed by atoms with Gasteiger partial charge < -0.3 is 15.2 Å². The lowest BCUT2D eigenvalue weighted by molar-refractivity contribution is -0.120. The molecule has 8 heteroatoms. The first-order chi connectivity index (χ1) is 17.9. The Morgan fingerprint density at radius 1 is 0.676 bits per heavy atom. The number of hydrogen-bond donors (Lipinski definition) is 2. The summed E-state index contributed by atoms with van der Waals surface area (Å²) in [6, 6.07) is 29.8. The van der Waals surface area contributed by atoms with Gasteiger partial charge in [0.05, 0.1) is 16.7 Å². The van der Waals surface area contributed by atoms with Crippen LogP contribution in [0.3, 0.4) is 0 Å². The van der Waals surface area contributed by atoms with E-state index in [0.29, 0.717) is 17.1 Å². The molecule has 2 N–H and O–H groups in total. The number of aromatic carboxylic acids is 1. The van der Waals surface area contributed by atoms with Gasteiger partial charge in [0.2, 0.25) is 0 Å². The summed E-state index contributed by atoms with van der Waals surface area (Å²) in [6.07, 6.45) is 0. The first kappa shape index (κ1) is 24.9. The van der Waals surface area contributed by atoms with Crippen LogP contribution in [0.1, 0.15) is 31.1 Å². The fourth-order valence-corrected chi connectivity index (χ4v) is 3.62. The molecule has 4 aromatic rings. The molecule has 0 heterocycles. The molecule has 37 heavy (non-hydrogen) atoms. The summed E-state index contributed by atoms with van der Waals surface area (Å²) >= 11 is 0. The number of carbonyl (C=O) groups is 4. The number of benzene rings is 4. The first-order valence-electron chi connectivity index (χ1n) is 11.3. The van der Waals surface area contributed by atoms with Gasteiger partial charge >= 0.3 is 11.9 Å². The van der Waals surface area contributed by atoms with Crippen molar-refractivity contribution in [2.24, 2.45) is 0 Å². The van der Waals surface area contributed by atoms with Gasteiger partial charge in [-0.2, -0.15) is 0 Å². The summed E-state index contributed by atoms with van der Waals surface area (Å²) in [5.41, 5.74) is 1.71. The van der Waals surface area contributed by atoms with Crippen LogP contribution in [0.15, 0.2) is 109 Å².